The van der Waals surface area contributed by atoms with Gasteiger partial charge in [-0.2, -0.15) is 0 Å². The predicted molar refractivity (Wildman–Crippen MR) is 74.0 cm³/mol. The molecule has 2 aliphatic rings. The quantitative estimate of drug-likeness (QED) is 0.832. The van der Waals surface area contributed by atoms with E-state index in [0.717, 1.165) is 12.0 Å². The maximum absolute atomic E-state index is 12.2. The zero-order chi connectivity index (χ0) is 14.3. The molecule has 1 aromatic carbocycles. The van der Waals surface area contributed by atoms with Crippen LogP contribution in [0.25, 0.3) is 0 Å². The Labute approximate surface area is 118 Å². The molecule has 1 saturated carbocycles. The van der Waals surface area contributed by atoms with E-state index >= 15 is 0 Å². The largest absolute Gasteiger partial charge is 0.445 e. The normalized spacial score (nSPS) is 26.9. The molecule has 0 radical (unpaired) electrons. The lowest BCUT2D eigenvalue weighted by Crippen LogP contribution is -2.62. The van der Waals surface area contributed by atoms with Crippen molar-refractivity contribution in [3.05, 3.63) is 35.9 Å². The molecule has 4 nitrogen and oxygen atoms in total. The molecule has 0 spiro atoms. The van der Waals surface area contributed by atoms with Gasteiger partial charge in [0.2, 0.25) is 0 Å². The van der Waals surface area contributed by atoms with Gasteiger partial charge in [0, 0.05) is 17.9 Å². The van der Waals surface area contributed by atoms with Crippen LogP contribution in [0.5, 0.6) is 0 Å². The highest BCUT2D eigenvalue weighted by atomic mass is 16.6. The molecule has 20 heavy (non-hydrogen) atoms. The highest BCUT2D eigenvalue weighted by molar-refractivity contribution is 5.96. The minimum Gasteiger partial charge on any atom is -0.445 e. The van der Waals surface area contributed by atoms with Gasteiger partial charge >= 0.3 is 6.09 Å². The van der Waals surface area contributed by atoms with Gasteiger partial charge < -0.3 is 9.64 Å². The average Bonchev–Trinajstić information content (AvgIpc) is 2.88. The van der Waals surface area contributed by atoms with E-state index in [4.69, 9.17) is 4.74 Å². The van der Waals surface area contributed by atoms with E-state index in [-0.39, 0.29) is 30.4 Å². The molecule has 1 aliphatic carbocycles. The lowest BCUT2D eigenvalue weighted by atomic mass is 9.59. The molecule has 0 N–H and O–H groups in total. The summed E-state index contributed by atoms with van der Waals surface area (Å²) in [5, 5.41) is 0. The van der Waals surface area contributed by atoms with E-state index in [1.807, 2.05) is 44.2 Å². The van der Waals surface area contributed by atoms with Crippen molar-refractivity contribution < 1.29 is 14.3 Å². The number of ketones is 1. The van der Waals surface area contributed by atoms with Crippen molar-refractivity contribution in [3.8, 4) is 0 Å². The minimum absolute atomic E-state index is 0.0123. The van der Waals surface area contributed by atoms with E-state index < -0.39 is 5.41 Å². The zero-order valence-corrected chi connectivity index (χ0v) is 11.8. The molecule has 0 unspecified atom stereocenters. The lowest BCUT2D eigenvalue weighted by Gasteiger charge is -2.48. The van der Waals surface area contributed by atoms with Crippen LogP contribution in [-0.2, 0) is 16.1 Å². The predicted octanol–water partition coefficient (Wildman–Crippen LogP) is 2.62. The van der Waals surface area contributed by atoms with Gasteiger partial charge in [-0.15, -0.1) is 0 Å². The third kappa shape index (κ3) is 1.90. The fraction of sp³-hybridized carbons (Fsp3) is 0.500. The van der Waals surface area contributed by atoms with Gasteiger partial charge in [-0.25, -0.2) is 4.79 Å². The smallest absolute Gasteiger partial charge is 0.410 e. The molecule has 1 saturated heterocycles. The molecule has 2 atom stereocenters. The van der Waals surface area contributed by atoms with Crippen molar-refractivity contribution in [2.75, 3.05) is 6.54 Å². The van der Waals surface area contributed by atoms with Crippen LogP contribution in [0.3, 0.4) is 0 Å². The van der Waals surface area contributed by atoms with Crippen LogP contribution in [0.15, 0.2) is 30.3 Å². The van der Waals surface area contributed by atoms with Gasteiger partial charge in [0.15, 0.2) is 0 Å². The summed E-state index contributed by atoms with van der Waals surface area (Å²) in [7, 11) is 0. The van der Waals surface area contributed by atoms with Gasteiger partial charge in [-0.05, 0) is 12.0 Å². The van der Waals surface area contributed by atoms with E-state index in [9.17, 15) is 9.59 Å². The average molecular weight is 273 g/mol. The highest BCUT2D eigenvalue weighted by Crippen LogP contribution is 2.50. The molecule has 1 amide bonds. The van der Waals surface area contributed by atoms with Crippen molar-refractivity contribution >= 4 is 11.9 Å². The number of ether oxygens (including phenoxy) is 1. The second-order valence-corrected chi connectivity index (χ2v) is 6.16. The van der Waals surface area contributed by atoms with E-state index in [1.165, 1.54) is 0 Å². The number of carbonyl (C=O) groups is 2. The molecule has 1 aliphatic heterocycles. The van der Waals surface area contributed by atoms with Crippen molar-refractivity contribution in [2.45, 2.75) is 32.9 Å². The first kappa shape index (κ1) is 13.2. The van der Waals surface area contributed by atoms with Crippen LogP contribution >= 0.6 is 0 Å². The van der Waals surface area contributed by atoms with Crippen LogP contribution < -0.4 is 0 Å². The molecule has 3 rings (SSSR count). The van der Waals surface area contributed by atoms with Crippen LogP contribution in [0.4, 0.5) is 4.79 Å². The van der Waals surface area contributed by atoms with Crippen LogP contribution in [-0.4, -0.2) is 29.4 Å². The first-order valence-corrected chi connectivity index (χ1v) is 7.03. The Morgan fingerprint density at radius 3 is 2.75 bits per heavy atom. The fourth-order valence-corrected chi connectivity index (χ4v) is 3.49. The summed E-state index contributed by atoms with van der Waals surface area (Å²) < 4.78 is 5.37. The SMILES string of the molecule is CC1(C)C(=O)[C@@H]2CCN(C(=O)OCc3ccccc3)[C@@H]21. The zero-order valence-electron chi connectivity index (χ0n) is 11.8. The Hall–Kier alpha value is -1.84. The van der Waals surface area contributed by atoms with Crippen LogP contribution in [0, 0.1) is 11.3 Å². The Morgan fingerprint density at radius 1 is 1.35 bits per heavy atom. The van der Waals surface area contributed by atoms with Gasteiger partial charge in [0.1, 0.15) is 12.4 Å². The summed E-state index contributed by atoms with van der Waals surface area (Å²) in [5.74, 6) is 0.301. The van der Waals surface area contributed by atoms with Crippen LogP contribution in [0.1, 0.15) is 25.8 Å². The number of Topliss-reactive ketones (excluding diaryl/α,β-unsaturated/α-hetero) is 1. The monoisotopic (exact) mass is 273 g/mol. The molecule has 106 valence electrons. The molecule has 4 heteroatoms. The van der Waals surface area contributed by atoms with Crippen molar-refractivity contribution in [1.29, 1.82) is 0 Å². The third-order valence-electron chi connectivity index (χ3n) is 4.55. The second-order valence-electron chi connectivity index (χ2n) is 6.16. The molecule has 2 fully saturated rings. The second kappa shape index (κ2) is 4.62. The van der Waals surface area contributed by atoms with Gasteiger partial charge in [-0.3, -0.25) is 4.79 Å². The van der Waals surface area contributed by atoms with Crippen molar-refractivity contribution in [2.24, 2.45) is 11.3 Å². The number of benzene rings is 1. The molecule has 0 aromatic heterocycles. The Morgan fingerprint density at radius 2 is 2.05 bits per heavy atom. The number of fused-ring (bicyclic) bond motifs is 1. The third-order valence-corrected chi connectivity index (χ3v) is 4.55. The Bertz CT molecular complexity index is 538. The number of likely N-dealkylation sites (tertiary alicyclic amines) is 1. The number of rotatable bonds is 2. The number of nitrogens with zero attached hydrogens (tertiary/aromatic N) is 1. The maximum Gasteiger partial charge on any atom is 0.410 e. The molecule has 1 aromatic rings. The van der Waals surface area contributed by atoms with Gasteiger partial charge in [-0.1, -0.05) is 44.2 Å². The number of carbonyl (C=O) groups excluding carboxylic acids is 2. The lowest BCUT2D eigenvalue weighted by molar-refractivity contribution is -0.149. The topological polar surface area (TPSA) is 46.6 Å². The number of amides is 1. The summed E-state index contributed by atoms with van der Waals surface area (Å²) in [6.45, 7) is 4.73. The number of hydrogen-bond acceptors (Lipinski definition) is 3. The Balaban J connectivity index is 1.63. The summed E-state index contributed by atoms with van der Waals surface area (Å²) in [4.78, 5) is 25.9. The van der Waals surface area contributed by atoms with Gasteiger partial charge in [0.25, 0.3) is 0 Å². The summed E-state index contributed by atoms with van der Waals surface area (Å²) in [6, 6.07) is 9.64. The van der Waals surface area contributed by atoms with Gasteiger partial charge in [0.05, 0.1) is 6.04 Å². The van der Waals surface area contributed by atoms with E-state index in [1.54, 1.807) is 4.90 Å². The standard InChI is InChI=1S/C16H19NO3/c1-16(2)13-12(14(16)18)8-9-17(13)15(19)20-10-11-6-4-3-5-7-11/h3-7,12-13H,8-10H2,1-2H3/t12-,13+/m1/s1. The molecular formula is C16H19NO3. The highest BCUT2D eigenvalue weighted by Gasteiger charge is 2.62. The van der Waals surface area contributed by atoms with Crippen molar-refractivity contribution in [1.82, 2.24) is 4.90 Å². The summed E-state index contributed by atoms with van der Waals surface area (Å²) >= 11 is 0. The molecule has 0 bridgehead atoms. The summed E-state index contributed by atoms with van der Waals surface area (Å²) in [5.41, 5.74) is 0.549. The molecule has 1 heterocycles. The maximum atomic E-state index is 12.2. The fourth-order valence-electron chi connectivity index (χ4n) is 3.49. The first-order chi connectivity index (χ1) is 9.51. The molecular weight excluding hydrogens is 254 g/mol. The first-order valence-electron chi connectivity index (χ1n) is 7.03. The van der Waals surface area contributed by atoms with Crippen molar-refractivity contribution in [3.63, 3.8) is 0 Å². The van der Waals surface area contributed by atoms with E-state index in [2.05, 4.69) is 0 Å². The van der Waals surface area contributed by atoms with Crippen LogP contribution in [0.2, 0.25) is 0 Å². The number of hydrogen-bond donors (Lipinski definition) is 0. The minimum atomic E-state index is -0.424. The Kier molecular flexibility index (Phi) is 3.04. The van der Waals surface area contributed by atoms with E-state index in [0.29, 0.717) is 6.54 Å². The summed E-state index contributed by atoms with van der Waals surface area (Å²) in [6.07, 6.45) is 0.467.